The molecule has 0 saturated carbocycles. The summed E-state index contributed by atoms with van der Waals surface area (Å²) < 4.78 is 32.4. The van der Waals surface area contributed by atoms with E-state index in [0.717, 1.165) is 16.7 Å². The maximum absolute atomic E-state index is 13.2. The summed E-state index contributed by atoms with van der Waals surface area (Å²) in [6.45, 7) is 10.8. The molecule has 4 aromatic rings. The molecular formula is C36H44N2O8Si. The molecule has 0 spiro atoms. The Hall–Kier alpha value is -4.00. The van der Waals surface area contributed by atoms with E-state index in [-0.39, 0.29) is 11.6 Å². The molecule has 1 saturated heterocycles. The smallest absolute Gasteiger partial charge is 0.330 e. The van der Waals surface area contributed by atoms with Gasteiger partial charge in [0.2, 0.25) is 0 Å². The van der Waals surface area contributed by atoms with Crippen LogP contribution in [0.3, 0.4) is 0 Å². The number of H-pyrrole nitrogens is 1. The van der Waals surface area contributed by atoms with Crippen LogP contribution in [0.4, 0.5) is 0 Å². The van der Waals surface area contributed by atoms with Crippen molar-refractivity contribution in [1.82, 2.24) is 9.55 Å². The normalized spacial score (nSPS) is 20.3. The van der Waals surface area contributed by atoms with Crippen LogP contribution in [0.25, 0.3) is 0 Å². The summed E-state index contributed by atoms with van der Waals surface area (Å²) in [5.41, 5.74) is -0.279. The number of aliphatic hydroxyl groups excluding tert-OH is 1. The van der Waals surface area contributed by atoms with E-state index in [1.165, 1.54) is 16.8 Å². The van der Waals surface area contributed by atoms with Crippen LogP contribution in [0.2, 0.25) is 18.1 Å². The van der Waals surface area contributed by atoms with Gasteiger partial charge in [-0.05, 0) is 59.1 Å². The number of aliphatic hydroxyl groups is 1. The third-order valence-corrected chi connectivity index (χ3v) is 13.8. The molecule has 2 N–H and O–H groups in total. The lowest BCUT2D eigenvalue weighted by atomic mass is 9.79. The minimum atomic E-state index is -2.24. The van der Waals surface area contributed by atoms with Gasteiger partial charge >= 0.3 is 5.69 Å². The molecule has 0 aliphatic carbocycles. The largest absolute Gasteiger partial charge is 0.497 e. The predicted molar refractivity (Wildman–Crippen MR) is 182 cm³/mol. The van der Waals surface area contributed by atoms with Crippen LogP contribution in [0.15, 0.2) is 101 Å². The van der Waals surface area contributed by atoms with Gasteiger partial charge in [-0.3, -0.25) is 14.3 Å². The molecule has 1 aliphatic rings. The van der Waals surface area contributed by atoms with Crippen LogP contribution in [0.1, 0.15) is 43.7 Å². The average molecular weight is 661 g/mol. The number of nitrogens with one attached hydrogen (secondary N) is 1. The Morgan fingerprint density at radius 1 is 0.830 bits per heavy atom. The highest BCUT2D eigenvalue weighted by Crippen LogP contribution is 2.46. The number of hydrogen-bond acceptors (Lipinski definition) is 8. The molecule has 3 aromatic carbocycles. The van der Waals surface area contributed by atoms with Gasteiger partial charge in [0.05, 0.1) is 20.8 Å². The Labute approximate surface area is 276 Å². The van der Waals surface area contributed by atoms with Crippen molar-refractivity contribution in [2.24, 2.45) is 0 Å². The molecule has 0 radical (unpaired) electrons. The van der Waals surface area contributed by atoms with Crippen molar-refractivity contribution in [3.63, 3.8) is 0 Å². The van der Waals surface area contributed by atoms with Gasteiger partial charge in [-0.15, -0.1) is 0 Å². The molecule has 4 atom stereocenters. The molecule has 0 unspecified atom stereocenters. The third-order valence-electron chi connectivity index (χ3n) is 9.34. The Bertz CT molecular complexity index is 1700. The number of rotatable bonds is 11. The second-order valence-electron chi connectivity index (χ2n) is 13.2. The summed E-state index contributed by atoms with van der Waals surface area (Å²) in [6.07, 6.45) is -2.91. The van der Waals surface area contributed by atoms with E-state index in [0.29, 0.717) is 11.5 Å². The summed E-state index contributed by atoms with van der Waals surface area (Å²) in [7, 11) is 0.964. The van der Waals surface area contributed by atoms with Crippen molar-refractivity contribution >= 4 is 8.32 Å². The number of aromatic nitrogens is 2. The SMILES string of the molecule is COc1ccc(C(O[C@@H]2[C@H](O)[C@@H](CO[Si](C)(C)C(C)(C)C)O[C@H]2n2ccc(=O)[nH]c2=O)(c2ccccc2)c2ccc(OC)cc2)cc1. The summed E-state index contributed by atoms with van der Waals surface area (Å²) >= 11 is 0. The van der Waals surface area contributed by atoms with Gasteiger partial charge in [0.15, 0.2) is 14.5 Å². The van der Waals surface area contributed by atoms with Crippen LogP contribution in [0, 0.1) is 0 Å². The second kappa shape index (κ2) is 13.6. The fourth-order valence-corrected chi connectivity index (χ4v) is 6.59. The fourth-order valence-electron chi connectivity index (χ4n) is 5.57. The first-order valence-electron chi connectivity index (χ1n) is 15.6. The highest BCUT2D eigenvalue weighted by Gasteiger charge is 2.52. The van der Waals surface area contributed by atoms with E-state index in [1.54, 1.807) is 14.2 Å². The third kappa shape index (κ3) is 6.86. The maximum atomic E-state index is 13.2. The number of nitrogens with zero attached hydrogens (tertiary/aromatic N) is 1. The van der Waals surface area contributed by atoms with Crippen LogP contribution >= 0.6 is 0 Å². The molecule has 10 nitrogen and oxygen atoms in total. The van der Waals surface area contributed by atoms with E-state index in [2.05, 4.69) is 38.8 Å². The first kappa shape index (κ1) is 34.3. The Morgan fingerprint density at radius 2 is 1.36 bits per heavy atom. The summed E-state index contributed by atoms with van der Waals surface area (Å²) in [5.74, 6) is 1.32. The highest BCUT2D eigenvalue weighted by atomic mass is 28.4. The molecule has 1 fully saturated rings. The van der Waals surface area contributed by atoms with E-state index in [1.807, 2.05) is 78.9 Å². The van der Waals surface area contributed by atoms with Crippen molar-refractivity contribution in [2.45, 2.75) is 69.0 Å². The molecule has 0 amide bonds. The zero-order valence-corrected chi connectivity index (χ0v) is 28.9. The lowest BCUT2D eigenvalue weighted by Gasteiger charge is -2.40. The molecular weight excluding hydrogens is 616 g/mol. The maximum Gasteiger partial charge on any atom is 0.330 e. The van der Waals surface area contributed by atoms with Gasteiger partial charge in [-0.1, -0.05) is 75.4 Å². The van der Waals surface area contributed by atoms with E-state index >= 15 is 0 Å². The molecule has 11 heteroatoms. The first-order chi connectivity index (χ1) is 22.3. The van der Waals surface area contributed by atoms with Crippen molar-refractivity contribution in [3.05, 3.63) is 129 Å². The minimum absolute atomic E-state index is 0.0765. The van der Waals surface area contributed by atoms with Gasteiger partial charge in [-0.2, -0.15) is 0 Å². The lowest BCUT2D eigenvalue weighted by Crippen LogP contribution is -2.47. The molecule has 5 rings (SSSR count). The van der Waals surface area contributed by atoms with Gasteiger partial charge < -0.3 is 28.5 Å². The van der Waals surface area contributed by atoms with Crippen molar-refractivity contribution in [2.75, 3.05) is 20.8 Å². The lowest BCUT2D eigenvalue weighted by molar-refractivity contribution is -0.124. The molecule has 0 bridgehead atoms. The zero-order valence-electron chi connectivity index (χ0n) is 27.9. The van der Waals surface area contributed by atoms with Gasteiger partial charge in [0.1, 0.15) is 35.4 Å². The number of methoxy groups -OCH3 is 2. The highest BCUT2D eigenvalue weighted by molar-refractivity contribution is 6.74. The van der Waals surface area contributed by atoms with Crippen molar-refractivity contribution in [3.8, 4) is 11.5 Å². The predicted octanol–water partition coefficient (Wildman–Crippen LogP) is 5.21. The number of ether oxygens (including phenoxy) is 4. The van der Waals surface area contributed by atoms with E-state index < -0.39 is 49.7 Å². The summed E-state index contributed by atoms with van der Waals surface area (Å²) in [6, 6.07) is 26.0. The average Bonchev–Trinajstić information content (AvgIpc) is 3.36. The zero-order chi connectivity index (χ0) is 34.0. The Balaban J connectivity index is 1.69. The number of hydrogen-bond donors (Lipinski definition) is 2. The molecule has 250 valence electrons. The van der Waals surface area contributed by atoms with Crippen molar-refractivity contribution in [1.29, 1.82) is 0 Å². The van der Waals surface area contributed by atoms with Crippen LogP contribution in [-0.4, -0.2) is 62.1 Å². The molecule has 2 heterocycles. The first-order valence-corrected chi connectivity index (χ1v) is 18.5. The monoisotopic (exact) mass is 660 g/mol. The van der Waals surface area contributed by atoms with Crippen molar-refractivity contribution < 1.29 is 28.5 Å². The molecule has 1 aromatic heterocycles. The van der Waals surface area contributed by atoms with Crippen LogP contribution in [0.5, 0.6) is 11.5 Å². The topological polar surface area (TPSA) is 121 Å². The summed E-state index contributed by atoms with van der Waals surface area (Å²) in [4.78, 5) is 27.5. The number of benzene rings is 3. The second-order valence-corrected chi connectivity index (χ2v) is 18.0. The quantitative estimate of drug-likeness (QED) is 0.166. The van der Waals surface area contributed by atoms with Gasteiger partial charge in [0, 0.05) is 12.3 Å². The number of aromatic amines is 1. The standard InChI is InChI=1S/C36H44N2O8Si/c1-35(2,3)47(6,7)44-23-29-31(40)32(33(45-29)38-22-21-30(39)37-34(38)41)46-36(24-11-9-8-10-12-24,25-13-17-27(42-4)18-14-25)26-15-19-28(43-5)20-16-26/h8-22,29,31-33,40H,23H2,1-7H3,(H,37,39,41)/t29-,31-,32-,33-/m1/s1. The van der Waals surface area contributed by atoms with Crippen LogP contribution in [-0.2, 0) is 19.5 Å². The van der Waals surface area contributed by atoms with E-state index in [9.17, 15) is 14.7 Å². The minimum Gasteiger partial charge on any atom is -0.497 e. The van der Waals surface area contributed by atoms with Gasteiger partial charge in [-0.25, -0.2) is 4.79 Å². The Kier molecular flexibility index (Phi) is 9.95. The van der Waals surface area contributed by atoms with E-state index in [4.69, 9.17) is 23.4 Å². The van der Waals surface area contributed by atoms with Crippen LogP contribution < -0.4 is 20.7 Å². The fraction of sp³-hybridized carbons (Fsp3) is 0.389. The summed E-state index contributed by atoms with van der Waals surface area (Å²) in [5, 5.41) is 12.0. The van der Waals surface area contributed by atoms with Gasteiger partial charge in [0.25, 0.3) is 5.56 Å². The Morgan fingerprint density at radius 3 is 1.85 bits per heavy atom. The molecule has 47 heavy (non-hydrogen) atoms. The molecule has 1 aliphatic heterocycles.